The lowest BCUT2D eigenvalue weighted by atomic mass is 10.1. The monoisotopic (exact) mass is 378 g/mol. The topological polar surface area (TPSA) is 24.8 Å². The maximum absolute atomic E-state index is 14.1. The summed E-state index contributed by atoms with van der Waals surface area (Å²) in [6.07, 6.45) is 2.34. The van der Waals surface area contributed by atoms with E-state index in [1.807, 2.05) is 24.3 Å². The fraction of sp³-hybridized carbons (Fsp3) is 0.118. The van der Waals surface area contributed by atoms with Crippen LogP contribution in [0.15, 0.2) is 58.0 Å². The van der Waals surface area contributed by atoms with Gasteiger partial charge in [-0.15, -0.1) is 0 Å². The smallest absolute Gasteiger partial charge is 0.176 e. The van der Waals surface area contributed by atoms with E-state index in [9.17, 15) is 8.78 Å². The minimum absolute atomic E-state index is 0.145. The Morgan fingerprint density at radius 1 is 1.09 bits per heavy atom. The molecule has 1 heterocycles. The molecule has 6 heteroatoms. The second-order valence-corrected chi connectivity index (χ2v) is 5.79. The number of allylic oxidation sites excluding steroid dienone is 1. The number of rotatable bonds is 3. The highest BCUT2D eigenvalue weighted by atomic mass is 79.9. The molecule has 0 bridgehead atoms. The second-order valence-electron chi connectivity index (χ2n) is 4.87. The molecule has 0 saturated heterocycles. The number of nitrogens with zero attached hydrogens (tertiary/aromatic N) is 2. The van der Waals surface area contributed by atoms with Gasteiger partial charge in [-0.05, 0) is 30.3 Å². The quantitative estimate of drug-likeness (QED) is 0.772. The molecule has 2 aromatic carbocycles. The van der Waals surface area contributed by atoms with E-state index in [2.05, 4.69) is 20.9 Å². The Hall–Kier alpha value is -2.05. The first-order valence-corrected chi connectivity index (χ1v) is 7.68. The Kier molecular flexibility index (Phi) is 4.54. The van der Waals surface area contributed by atoms with Gasteiger partial charge >= 0.3 is 0 Å². The molecular weight excluding hydrogens is 366 g/mol. The van der Waals surface area contributed by atoms with Crippen LogP contribution in [0.3, 0.4) is 0 Å². The number of aliphatic imine (C=N–C) groups is 1. The van der Waals surface area contributed by atoms with Crippen molar-refractivity contribution in [2.24, 2.45) is 4.99 Å². The van der Waals surface area contributed by atoms with Gasteiger partial charge < -0.3 is 0 Å². The first-order chi connectivity index (χ1) is 11.1. The molecule has 1 aliphatic heterocycles. The van der Waals surface area contributed by atoms with Crippen LogP contribution in [-0.2, 0) is 4.84 Å². The molecule has 0 aliphatic carbocycles. The predicted molar refractivity (Wildman–Crippen MR) is 88.6 cm³/mol. The zero-order chi connectivity index (χ0) is 16.4. The fourth-order valence-electron chi connectivity index (χ4n) is 2.45. The minimum atomic E-state index is -0.926. The Labute approximate surface area is 141 Å². The molecule has 0 amide bonds. The van der Waals surface area contributed by atoms with Crippen LogP contribution >= 0.6 is 15.9 Å². The third-order valence-electron chi connectivity index (χ3n) is 3.51. The minimum Gasteiger partial charge on any atom is -0.274 e. The molecular formula is C17H13BrF2N2O. The van der Waals surface area contributed by atoms with Gasteiger partial charge in [-0.3, -0.25) is 9.83 Å². The summed E-state index contributed by atoms with van der Waals surface area (Å²) >= 11 is 3.38. The number of hydrogen-bond acceptors (Lipinski definition) is 3. The van der Waals surface area contributed by atoms with Crippen LogP contribution in [0.25, 0.3) is 5.70 Å². The summed E-state index contributed by atoms with van der Waals surface area (Å²) < 4.78 is 29.1. The molecule has 1 unspecified atom stereocenters. The van der Waals surface area contributed by atoms with E-state index in [-0.39, 0.29) is 5.56 Å². The van der Waals surface area contributed by atoms with Crippen LogP contribution in [0.1, 0.15) is 17.3 Å². The van der Waals surface area contributed by atoms with Gasteiger partial charge in [0.15, 0.2) is 6.17 Å². The maximum atomic E-state index is 14.1. The molecule has 3 rings (SSSR count). The molecule has 1 atom stereocenters. The third kappa shape index (κ3) is 3.04. The van der Waals surface area contributed by atoms with E-state index in [0.29, 0.717) is 5.70 Å². The Morgan fingerprint density at radius 2 is 1.74 bits per heavy atom. The van der Waals surface area contributed by atoms with Crippen molar-refractivity contribution in [1.82, 2.24) is 5.06 Å². The molecule has 2 aromatic rings. The van der Waals surface area contributed by atoms with Gasteiger partial charge in [0.25, 0.3) is 0 Å². The molecule has 0 N–H and O–H groups in total. The fourth-order valence-corrected chi connectivity index (χ4v) is 2.72. The lowest BCUT2D eigenvalue weighted by Gasteiger charge is -2.33. The SMILES string of the molecule is CON1C(c2ccc(Br)cc2)=CC=NC1c1c(F)cccc1F. The summed E-state index contributed by atoms with van der Waals surface area (Å²) in [6, 6.07) is 11.3. The number of benzene rings is 2. The normalized spacial score (nSPS) is 17.3. The summed E-state index contributed by atoms with van der Waals surface area (Å²) in [5.74, 6) is -1.32. The van der Waals surface area contributed by atoms with E-state index in [4.69, 9.17) is 4.84 Å². The largest absolute Gasteiger partial charge is 0.274 e. The van der Waals surface area contributed by atoms with Gasteiger partial charge in [0, 0.05) is 16.3 Å². The van der Waals surface area contributed by atoms with E-state index in [0.717, 1.165) is 10.0 Å². The third-order valence-corrected chi connectivity index (χ3v) is 4.04. The lowest BCUT2D eigenvalue weighted by Crippen LogP contribution is -2.29. The van der Waals surface area contributed by atoms with Crippen molar-refractivity contribution in [3.8, 4) is 0 Å². The molecule has 0 spiro atoms. The van der Waals surface area contributed by atoms with Crippen molar-refractivity contribution in [3.63, 3.8) is 0 Å². The number of halogens is 3. The summed E-state index contributed by atoms with van der Waals surface area (Å²) in [6.45, 7) is 0. The molecule has 0 aromatic heterocycles. The molecule has 118 valence electrons. The zero-order valence-corrected chi connectivity index (χ0v) is 13.8. The van der Waals surface area contributed by atoms with Gasteiger partial charge in [0.05, 0.1) is 18.4 Å². The molecule has 3 nitrogen and oxygen atoms in total. The molecule has 0 saturated carbocycles. The highest BCUT2D eigenvalue weighted by molar-refractivity contribution is 9.10. The molecule has 0 radical (unpaired) electrons. The van der Waals surface area contributed by atoms with Gasteiger partial charge in [-0.1, -0.05) is 34.1 Å². The van der Waals surface area contributed by atoms with Crippen LogP contribution in [0.4, 0.5) is 8.78 Å². The van der Waals surface area contributed by atoms with Crippen molar-refractivity contribution < 1.29 is 13.6 Å². The summed E-state index contributed by atoms with van der Waals surface area (Å²) in [4.78, 5) is 9.55. The van der Waals surface area contributed by atoms with Gasteiger partial charge in [-0.2, -0.15) is 0 Å². The first kappa shape index (κ1) is 15.8. The highest BCUT2D eigenvalue weighted by Crippen LogP contribution is 2.35. The van der Waals surface area contributed by atoms with Crippen molar-refractivity contribution in [3.05, 3.63) is 75.8 Å². The Balaban J connectivity index is 2.04. The highest BCUT2D eigenvalue weighted by Gasteiger charge is 2.29. The van der Waals surface area contributed by atoms with Crippen molar-refractivity contribution in [2.45, 2.75) is 6.17 Å². The summed E-state index contributed by atoms with van der Waals surface area (Å²) in [5.41, 5.74) is 1.37. The van der Waals surface area contributed by atoms with Crippen molar-refractivity contribution in [1.29, 1.82) is 0 Å². The maximum Gasteiger partial charge on any atom is 0.176 e. The average Bonchev–Trinajstić information content (AvgIpc) is 2.55. The standard InChI is InChI=1S/C17H13BrF2N2O/c1-23-22-15(11-5-7-12(18)8-6-11)9-10-21-17(22)16-13(19)3-2-4-14(16)20/h2-10,17H,1H3. The van der Waals surface area contributed by atoms with Gasteiger partial charge in [0.2, 0.25) is 0 Å². The molecule has 0 fully saturated rings. The lowest BCUT2D eigenvalue weighted by molar-refractivity contribution is -0.110. The van der Waals surface area contributed by atoms with Crippen LogP contribution < -0.4 is 0 Å². The summed E-state index contributed by atoms with van der Waals surface area (Å²) in [7, 11) is 1.44. The molecule has 23 heavy (non-hydrogen) atoms. The van der Waals surface area contributed by atoms with Crippen LogP contribution in [0.5, 0.6) is 0 Å². The second kappa shape index (κ2) is 6.60. The van der Waals surface area contributed by atoms with Crippen LogP contribution in [0.2, 0.25) is 0 Å². The van der Waals surface area contributed by atoms with Crippen LogP contribution in [0, 0.1) is 11.6 Å². The average molecular weight is 379 g/mol. The number of hydrogen-bond donors (Lipinski definition) is 0. The summed E-state index contributed by atoms with van der Waals surface area (Å²) in [5, 5.41) is 1.39. The van der Waals surface area contributed by atoms with E-state index >= 15 is 0 Å². The predicted octanol–water partition coefficient (Wildman–Crippen LogP) is 4.71. The first-order valence-electron chi connectivity index (χ1n) is 6.88. The van der Waals surface area contributed by atoms with E-state index in [1.165, 1.54) is 36.6 Å². The Morgan fingerprint density at radius 3 is 2.35 bits per heavy atom. The number of hydroxylamine groups is 2. The van der Waals surface area contributed by atoms with E-state index in [1.54, 1.807) is 6.08 Å². The molecule has 1 aliphatic rings. The Bertz CT molecular complexity index is 754. The van der Waals surface area contributed by atoms with E-state index < -0.39 is 17.8 Å². The van der Waals surface area contributed by atoms with Gasteiger partial charge in [-0.25, -0.2) is 13.8 Å². The van der Waals surface area contributed by atoms with Crippen LogP contribution in [-0.4, -0.2) is 18.4 Å². The van der Waals surface area contributed by atoms with Crippen molar-refractivity contribution >= 4 is 27.8 Å². The van der Waals surface area contributed by atoms with Gasteiger partial charge in [0.1, 0.15) is 11.6 Å². The zero-order valence-electron chi connectivity index (χ0n) is 12.2. The van der Waals surface area contributed by atoms with Crippen molar-refractivity contribution in [2.75, 3.05) is 7.11 Å².